The van der Waals surface area contributed by atoms with Crippen molar-refractivity contribution < 1.29 is 27.0 Å². The van der Waals surface area contributed by atoms with Crippen molar-refractivity contribution in [2.24, 2.45) is 0 Å². The van der Waals surface area contributed by atoms with Crippen LogP contribution < -0.4 is 0 Å². The zero-order valence-electron chi connectivity index (χ0n) is 9.57. The predicted octanol–water partition coefficient (Wildman–Crippen LogP) is 0.486. The molecule has 5 heteroatoms. The van der Waals surface area contributed by atoms with Crippen molar-refractivity contribution in [1.29, 1.82) is 0 Å². The Morgan fingerprint density at radius 1 is 0.938 bits per heavy atom. The number of carbonyl (C=O) groups excluding carboxylic acids is 3. The first-order valence-electron chi connectivity index (χ1n) is 4.34. The van der Waals surface area contributed by atoms with E-state index in [1.54, 1.807) is 0 Å². The molecule has 1 aliphatic carbocycles. The summed E-state index contributed by atoms with van der Waals surface area (Å²) in [4.78, 5) is 33.7. The molecule has 4 nitrogen and oxygen atoms in total. The van der Waals surface area contributed by atoms with Crippen molar-refractivity contribution in [2.75, 3.05) is 21.1 Å². The average Bonchev–Trinajstić information content (AvgIpc) is 2.77. The number of hydrogen-bond acceptors (Lipinski definition) is 4. The molecule has 0 heterocycles. The van der Waals surface area contributed by atoms with Crippen LogP contribution in [-0.2, 0) is 27.0 Å². The molecule has 16 heavy (non-hydrogen) atoms. The van der Waals surface area contributed by atoms with Gasteiger partial charge in [-0.1, -0.05) is 24.3 Å². The van der Waals surface area contributed by atoms with Crippen molar-refractivity contribution in [3.8, 4) is 0 Å². The van der Waals surface area contributed by atoms with Crippen LogP contribution in [0.15, 0.2) is 24.3 Å². The van der Waals surface area contributed by atoms with Gasteiger partial charge in [0.2, 0.25) is 0 Å². The van der Waals surface area contributed by atoms with Crippen LogP contribution in [0.25, 0.3) is 0 Å². The third-order valence-electron chi connectivity index (χ3n) is 0.887. The minimum atomic E-state index is -2.30. The second kappa shape index (κ2) is 13.7. The molecule has 0 fully saturated rings. The van der Waals surface area contributed by atoms with Gasteiger partial charge in [-0.2, -0.15) is 0 Å². The minimum absolute atomic E-state index is 1.14. The van der Waals surface area contributed by atoms with E-state index in [1.165, 1.54) is 14.4 Å². The molecular formula is C11H15MnNO3. The van der Waals surface area contributed by atoms with E-state index in [0.29, 0.717) is 0 Å². The fourth-order valence-corrected chi connectivity index (χ4v) is 0.588. The fourth-order valence-electron chi connectivity index (χ4n) is 0.440. The van der Waals surface area contributed by atoms with Crippen LogP contribution in [0.1, 0.15) is 6.42 Å². The van der Waals surface area contributed by atoms with Crippen LogP contribution in [0.5, 0.6) is 0 Å². The van der Waals surface area contributed by atoms with E-state index in [1.807, 2.05) is 26.0 Å². The van der Waals surface area contributed by atoms with Crippen molar-refractivity contribution in [3.63, 3.8) is 0 Å². The van der Waals surface area contributed by atoms with Crippen LogP contribution in [0.2, 0.25) is 0 Å². The van der Waals surface area contributed by atoms with Crippen LogP contribution >= 0.6 is 0 Å². The van der Waals surface area contributed by atoms with Gasteiger partial charge in [0.25, 0.3) is 0 Å². The molecule has 0 saturated heterocycles. The summed E-state index contributed by atoms with van der Waals surface area (Å²) in [5.41, 5.74) is 0. The molecular weight excluding hydrogens is 249 g/mol. The summed E-state index contributed by atoms with van der Waals surface area (Å²) >= 11 is -2.30. The summed E-state index contributed by atoms with van der Waals surface area (Å²) < 4.78 is 0. The third kappa shape index (κ3) is 18.5. The molecule has 0 radical (unpaired) electrons. The molecule has 0 N–H and O–H groups in total. The Morgan fingerprint density at radius 3 is 1.31 bits per heavy atom. The Labute approximate surface area is 98.4 Å². The average molecular weight is 264 g/mol. The maximum atomic E-state index is 9.36. The number of allylic oxidation sites excluding steroid dienone is 4. The van der Waals surface area contributed by atoms with Gasteiger partial charge in [0, 0.05) is 0 Å². The molecule has 0 aromatic heterocycles. The summed E-state index contributed by atoms with van der Waals surface area (Å²) in [5.74, 6) is 0. The Balaban J connectivity index is 0. The summed E-state index contributed by atoms with van der Waals surface area (Å²) in [6.45, 7) is 0. The van der Waals surface area contributed by atoms with Gasteiger partial charge < -0.3 is 4.90 Å². The monoisotopic (exact) mass is 264 g/mol. The van der Waals surface area contributed by atoms with Crippen molar-refractivity contribution in [1.82, 2.24) is 4.90 Å². The van der Waals surface area contributed by atoms with E-state index in [9.17, 15) is 14.4 Å². The third-order valence-corrected chi connectivity index (χ3v) is 1.61. The van der Waals surface area contributed by atoms with Gasteiger partial charge in [0.15, 0.2) is 0 Å². The molecule has 0 saturated carbocycles. The predicted molar refractivity (Wildman–Crippen MR) is 59.6 cm³/mol. The molecule has 0 amide bonds. The Bertz CT molecular complexity index is 383. The van der Waals surface area contributed by atoms with Gasteiger partial charge in [-0.15, -0.1) is 0 Å². The van der Waals surface area contributed by atoms with E-state index in [2.05, 4.69) is 24.3 Å². The normalized spacial score (nSPS) is 10.0. The molecule has 0 aromatic rings. The SMILES string of the molecule is C1=CCC=C1.CN(C)C.O=[C]=[Mn](=[C]=O)=[C]=O. The van der Waals surface area contributed by atoms with E-state index in [0.717, 1.165) is 6.42 Å². The van der Waals surface area contributed by atoms with Crippen LogP contribution in [0.4, 0.5) is 0 Å². The van der Waals surface area contributed by atoms with E-state index in [-0.39, 0.29) is 0 Å². The second-order valence-corrected chi connectivity index (χ2v) is 4.56. The first kappa shape index (κ1) is 17.1. The van der Waals surface area contributed by atoms with Gasteiger partial charge >= 0.3 is 41.3 Å². The van der Waals surface area contributed by atoms with E-state index >= 15 is 0 Å². The quantitative estimate of drug-likeness (QED) is 0.597. The number of rotatable bonds is 0. The molecule has 0 aliphatic heterocycles. The van der Waals surface area contributed by atoms with Crippen LogP contribution in [0, 0.1) is 0 Å². The van der Waals surface area contributed by atoms with Crippen LogP contribution in [-0.4, -0.2) is 40.4 Å². The molecule has 1 rings (SSSR count). The molecule has 0 atom stereocenters. The zero-order valence-corrected chi connectivity index (χ0v) is 10.7. The first-order chi connectivity index (χ1) is 7.58. The summed E-state index contributed by atoms with van der Waals surface area (Å²) in [7, 11) is 6.00. The topological polar surface area (TPSA) is 54.5 Å². The first-order valence-corrected chi connectivity index (χ1v) is 6.11. The summed E-state index contributed by atoms with van der Waals surface area (Å²) in [6.07, 6.45) is 9.50. The maximum absolute atomic E-state index is 9.36. The molecule has 0 aromatic carbocycles. The van der Waals surface area contributed by atoms with Gasteiger partial charge in [0.1, 0.15) is 0 Å². The Morgan fingerprint density at radius 2 is 1.25 bits per heavy atom. The van der Waals surface area contributed by atoms with Gasteiger partial charge in [-0.25, -0.2) is 0 Å². The molecule has 89 valence electrons. The second-order valence-electron chi connectivity index (χ2n) is 2.95. The summed E-state index contributed by atoms with van der Waals surface area (Å²) in [5, 5.41) is 0. The number of nitrogens with zero attached hydrogens (tertiary/aromatic N) is 1. The van der Waals surface area contributed by atoms with E-state index < -0.39 is 12.6 Å². The van der Waals surface area contributed by atoms with Crippen molar-refractivity contribution in [3.05, 3.63) is 24.3 Å². The standard InChI is InChI=1S/C5H6.C3H9N.3CO.Mn/c1-2-4-5-3-1;1-4(2)3;3*1-2;/h1-4H,5H2;1-3H3;;;;. The Kier molecular flexibility index (Phi) is 14.6. The van der Waals surface area contributed by atoms with E-state index in [4.69, 9.17) is 0 Å². The number of hydrogen-bond donors (Lipinski definition) is 0. The molecule has 0 spiro atoms. The van der Waals surface area contributed by atoms with Gasteiger partial charge in [-0.3, -0.25) is 0 Å². The summed E-state index contributed by atoms with van der Waals surface area (Å²) in [6, 6.07) is 0. The Hall–Kier alpha value is -1.30. The molecule has 0 unspecified atom stereocenters. The van der Waals surface area contributed by atoms with Crippen LogP contribution in [0.3, 0.4) is 0 Å². The van der Waals surface area contributed by atoms with Gasteiger partial charge in [-0.05, 0) is 27.6 Å². The molecule has 1 aliphatic rings. The van der Waals surface area contributed by atoms with Gasteiger partial charge in [0.05, 0.1) is 0 Å². The van der Waals surface area contributed by atoms with Crippen molar-refractivity contribution in [2.45, 2.75) is 6.42 Å². The fraction of sp³-hybridized carbons (Fsp3) is 0.364. The molecule has 0 bridgehead atoms. The zero-order chi connectivity index (χ0) is 12.8. The van der Waals surface area contributed by atoms with Crippen molar-refractivity contribution >= 4 is 14.4 Å².